The summed E-state index contributed by atoms with van der Waals surface area (Å²) < 4.78 is 4.93. The Kier molecular flexibility index (Phi) is 4.52. The number of hydrogen-bond acceptors (Lipinski definition) is 4. The molecular weight excluding hydrogens is 334 g/mol. The average molecular weight is 348 g/mol. The number of hydrogen-bond donors (Lipinski definition) is 2. The molecule has 2 heterocycles. The van der Waals surface area contributed by atoms with Gasteiger partial charge in [-0.2, -0.15) is 0 Å². The molecule has 0 aliphatic carbocycles. The van der Waals surface area contributed by atoms with Gasteiger partial charge in [0.1, 0.15) is 0 Å². The van der Waals surface area contributed by atoms with E-state index in [-0.39, 0.29) is 17.2 Å². The highest BCUT2D eigenvalue weighted by Crippen LogP contribution is 2.28. The maximum atomic E-state index is 12.4. The molecule has 24 heavy (non-hydrogen) atoms. The van der Waals surface area contributed by atoms with Crippen molar-refractivity contribution in [3.05, 3.63) is 52.9 Å². The maximum Gasteiger partial charge on any atom is 0.305 e. The first-order valence-electron chi connectivity index (χ1n) is 7.30. The normalized spacial score (nSPS) is 13.9. The van der Waals surface area contributed by atoms with E-state index in [1.54, 1.807) is 18.2 Å². The Morgan fingerprint density at radius 1 is 1.17 bits per heavy atom. The van der Waals surface area contributed by atoms with E-state index in [1.807, 2.05) is 0 Å². The first-order valence-corrected chi connectivity index (χ1v) is 7.68. The topological polar surface area (TPSA) is 91.7 Å². The lowest BCUT2D eigenvalue weighted by Crippen LogP contribution is -2.42. The molecule has 0 saturated carbocycles. The second-order valence-corrected chi connectivity index (χ2v) is 5.63. The van der Waals surface area contributed by atoms with Gasteiger partial charge >= 0.3 is 5.91 Å². The van der Waals surface area contributed by atoms with Gasteiger partial charge in [0.2, 0.25) is 5.91 Å². The molecule has 7 nitrogen and oxygen atoms in total. The minimum absolute atomic E-state index is 0.0639. The predicted octanol–water partition coefficient (Wildman–Crippen LogP) is 2.13. The van der Waals surface area contributed by atoms with Crippen LogP contribution in [0.25, 0.3) is 0 Å². The molecule has 0 spiro atoms. The molecule has 1 aromatic carbocycles. The zero-order valence-corrected chi connectivity index (χ0v) is 13.3. The Hall–Kier alpha value is -2.80. The highest BCUT2D eigenvalue weighted by molar-refractivity contribution is 6.31. The summed E-state index contributed by atoms with van der Waals surface area (Å²) in [6, 6.07) is 7.66. The smallest absolute Gasteiger partial charge is 0.305 e. The molecule has 0 unspecified atom stereocenters. The average Bonchev–Trinajstić information content (AvgIpc) is 3.23. The Morgan fingerprint density at radius 2 is 1.96 bits per heavy atom. The third-order valence-corrected chi connectivity index (χ3v) is 3.84. The van der Waals surface area contributed by atoms with Crippen LogP contribution in [0.4, 0.5) is 5.69 Å². The standard InChI is InChI=1S/C16H14ClN3O4/c17-10-5-6-11(12(9-10)20-7-1-4-14(20)21)15(22)18-19-16(23)13-3-2-8-24-13/h2-3,5-6,8-9H,1,4,7H2,(H,18,22)(H,19,23). The number of nitrogens with zero attached hydrogens (tertiary/aromatic N) is 1. The monoisotopic (exact) mass is 347 g/mol. The number of benzene rings is 1. The fourth-order valence-electron chi connectivity index (χ4n) is 2.47. The van der Waals surface area contributed by atoms with E-state index < -0.39 is 11.8 Å². The molecule has 0 bridgehead atoms. The molecule has 2 N–H and O–H groups in total. The van der Waals surface area contributed by atoms with Gasteiger partial charge in [-0.15, -0.1) is 0 Å². The highest BCUT2D eigenvalue weighted by Gasteiger charge is 2.26. The van der Waals surface area contributed by atoms with Gasteiger partial charge in [0.05, 0.1) is 17.5 Å². The van der Waals surface area contributed by atoms with Crippen LogP contribution in [0, 0.1) is 0 Å². The van der Waals surface area contributed by atoms with Crippen molar-refractivity contribution in [3.63, 3.8) is 0 Å². The van der Waals surface area contributed by atoms with E-state index in [9.17, 15) is 14.4 Å². The van der Waals surface area contributed by atoms with Gasteiger partial charge in [-0.1, -0.05) is 11.6 Å². The van der Waals surface area contributed by atoms with E-state index in [0.717, 1.165) is 6.42 Å². The Balaban J connectivity index is 1.77. The largest absolute Gasteiger partial charge is 0.459 e. The van der Waals surface area contributed by atoms with E-state index in [0.29, 0.717) is 23.7 Å². The molecule has 3 amide bonds. The summed E-state index contributed by atoms with van der Waals surface area (Å²) in [7, 11) is 0. The summed E-state index contributed by atoms with van der Waals surface area (Å²) in [4.78, 5) is 37.6. The number of nitrogens with one attached hydrogen (secondary N) is 2. The molecule has 2 aromatic rings. The van der Waals surface area contributed by atoms with Crippen molar-refractivity contribution >= 4 is 35.0 Å². The molecule has 124 valence electrons. The first kappa shape index (κ1) is 16.1. The number of furan rings is 1. The molecule has 3 rings (SSSR count). The van der Waals surface area contributed by atoms with E-state index in [2.05, 4.69) is 10.9 Å². The SMILES string of the molecule is O=C(NNC(=O)c1ccc(Cl)cc1N1CCCC1=O)c1ccco1. The van der Waals surface area contributed by atoms with Crippen LogP contribution >= 0.6 is 11.6 Å². The lowest BCUT2D eigenvalue weighted by molar-refractivity contribution is -0.117. The molecule has 1 fully saturated rings. The summed E-state index contributed by atoms with van der Waals surface area (Å²) in [5.41, 5.74) is 5.23. The second-order valence-electron chi connectivity index (χ2n) is 5.20. The quantitative estimate of drug-likeness (QED) is 0.832. The van der Waals surface area contributed by atoms with Crippen LogP contribution in [0.5, 0.6) is 0 Å². The summed E-state index contributed by atoms with van der Waals surface area (Å²) >= 11 is 5.99. The molecule has 0 atom stereocenters. The number of carbonyl (C=O) groups excluding carboxylic acids is 3. The van der Waals surface area contributed by atoms with Crippen molar-refractivity contribution in [1.82, 2.24) is 10.9 Å². The van der Waals surface area contributed by atoms with Gasteiger partial charge in [-0.3, -0.25) is 25.2 Å². The van der Waals surface area contributed by atoms with E-state index in [4.69, 9.17) is 16.0 Å². The van der Waals surface area contributed by atoms with Crippen LogP contribution in [0.2, 0.25) is 5.02 Å². The minimum atomic E-state index is -0.582. The second kappa shape index (κ2) is 6.76. The third kappa shape index (κ3) is 3.26. The molecule has 1 aliphatic rings. The van der Waals surface area contributed by atoms with Crippen LogP contribution in [-0.2, 0) is 4.79 Å². The van der Waals surface area contributed by atoms with Gasteiger partial charge in [-0.05, 0) is 36.8 Å². The van der Waals surface area contributed by atoms with Gasteiger partial charge in [0, 0.05) is 18.0 Å². The maximum absolute atomic E-state index is 12.4. The molecule has 1 aromatic heterocycles. The van der Waals surface area contributed by atoms with Crippen LogP contribution in [0.1, 0.15) is 33.8 Å². The van der Waals surface area contributed by atoms with Crippen LogP contribution in [-0.4, -0.2) is 24.3 Å². The number of hydrazine groups is 1. The number of amides is 3. The zero-order chi connectivity index (χ0) is 17.1. The van der Waals surface area contributed by atoms with Crippen LogP contribution in [0.3, 0.4) is 0 Å². The zero-order valence-electron chi connectivity index (χ0n) is 12.5. The van der Waals surface area contributed by atoms with E-state index >= 15 is 0 Å². The minimum Gasteiger partial charge on any atom is -0.459 e. The fourth-order valence-corrected chi connectivity index (χ4v) is 2.64. The Morgan fingerprint density at radius 3 is 2.62 bits per heavy atom. The van der Waals surface area contributed by atoms with Crippen molar-refractivity contribution in [2.24, 2.45) is 0 Å². The predicted molar refractivity (Wildman–Crippen MR) is 86.7 cm³/mol. The summed E-state index contributed by atoms with van der Waals surface area (Å²) in [5.74, 6) is -1.13. The Bertz CT molecular complexity index is 789. The number of carbonyl (C=O) groups is 3. The van der Waals surface area contributed by atoms with Gasteiger partial charge in [0.25, 0.3) is 5.91 Å². The lowest BCUT2D eigenvalue weighted by Gasteiger charge is -2.19. The van der Waals surface area contributed by atoms with E-state index in [1.165, 1.54) is 23.3 Å². The fraction of sp³-hybridized carbons (Fsp3) is 0.188. The molecule has 0 radical (unpaired) electrons. The summed E-state index contributed by atoms with van der Waals surface area (Å²) in [5, 5.41) is 0.417. The van der Waals surface area contributed by atoms with Crippen LogP contribution in [0.15, 0.2) is 41.0 Å². The highest BCUT2D eigenvalue weighted by atomic mass is 35.5. The number of anilines is 1. The van der Waals surface area contributed by atoms with Crippen molar-refractivity contribution < 1.29 is 18.8 Å². The molecule has 1 saturated heterocycles. The first-order chi connectivity index (χ1) is 11.6. The Labute approximate surface area is 142 Å². The van der Waals surface area contributed by atoms with Crippen molar-refractivity contribution in [2.75, 3.05) is 11.4 Å². The summed E-state index contributed by atoms with van der Waals surface area (Å²) in [6.07, 6.45) is 2.51. The summed E-state index contributed by atoms with van der Waals surface area (Å²) in [6.45, 7) is 0.526. The van der Waals surface area contributed by atoms with Crippen molar-refractivity contribution in [1.29, 1.82) is 0 Å². The van der Waals surface area contributed by atoms with Gasteiger partial charge in [-0.25, -0.2) is 0 Å². The molecule has 8 heteroatoms. The number of halogens is 1. The van der Waals surface area contributed by atoms with Crippen molar-refractivity contribution in [3.8, 4) is 0 Å². The molecule has 1 aliphatic heterocycles. The number of rotatable bonds is 3. The van der Waals surface area contributed by atoms with Crippen LogP contribution < -0.4 is 15.8 Å². The van der Waals surface area contributed by atoms with Gasteiger partial charge in [0.15, 0.2) is 5.76 Å². The lowest BCUT2D eigenvalue weighted by atomic mass is 10.1. The van der Waals surface area contributed by atoms with Gasteiger partial charge < -0.3 is 9.32 Å². The third-order valence-electron chi connectivity index (χ3n) is 3.60. The van der Waals surface area contributed by atoms with Crippen molar-refractivity contribution in [2.45, 2.75) is 12.8 Å². The molecular formula is C16H14ClN3O4.